The summed E-state index contributed by atoms with van der Waals surface area (Å²) in [7, 11) is 0. The van der Waals surface area contributed by atoms with Crippen LogP contribution < -0.4 is 14.8 Å². The summed E-state index contributed by atoms with van der Waals surface area (Å²) >= 11 is 3.44. The van der Waals surface area contributed by atoms with Gasteiger partial charge in [0.1, 0.15) is 26.2 Å². The fourth-order valence-electron chi connectivity index (χ4n) is 2.41. The van der Waals surface area contributed by atoms with Gasteiger partial charge in [-0.15, -0.1) is 0 Å². The first-order chi connectivity index (χ1) is 13.1. The second kappa shape index (κ2) is 8.56. The fraction of sp³-hybridized carbons (Fsp3) is 0.211. The highest BCUT2D eigenvalue weighted by Gasteiger charge is 2.16. The van der Waals surface area contributed by atoms with Crippen molar-refractivity contribution in [1.82, 2.24) is 0 Å². The zero-order chi connectivity index (χ0) is 19.2. The molecule has 0 saturated heterocycles. The molecular formula is C19H15BrN2O5. The predicted octanol–water partition coefficient (Wildman–Crippen LogP) is 3.43. The van der Waals surface area contributed by atoms with Crippen molar-refractivity contribution in [2.24, 2.45) is 0 Å². The number of nitrogens with one attached hydrogen (secondary N) is 1. The molecule has 1 amide bonds. The van der Waals surface area contributed by atoms with Crippen molar-refractivity contribution in [3.8, 4) is 17.6 Å². The SMILES string of the molecule is N#CCC(=O)Nc1ccc(C(=O)OCc2cc3c(cc2Br)OCCO3)cc1. The molecule has 1 N–H and O–H groups in total. The lowest BCUT2D eigenvalue weighted by Crippen LogP contribution is -2.15. The normalized spacial score (nSPS) is 12.0. The molecule has 0 radical (unpaired) electrons. The average Bonchev–Trinajstić information content (AvgIpc) is 2.67. The minimum Gasteiger partial charge on any atom is -0.486 e. The van der Waals surface area contributed by atoms with Crippen LogP contribution >= 0.6 is 15.9 Å². The summed E-state index contributed by atoms with van der Waals surface area (Å²) in [4.78, 5) is 23.6. The minimum absolute atomic E-state index is 0.0662. The molecule has 0 atom stereocenters. The number of nitrogens with zero attached hydrogens (tertiary/aromatic N) is 1. The Morgan fingerprint density at radius 3 is 2.48 bits per heavy atom. The van der Waals surface area contributed by atoms with Crippen LogP contribution in [0.5, 0.6) is 11.5 Å². The molecular weight excluding hydrogens is 416 g/mol. The standard InChI is InChI=1S/C19H15BrN2O5/c20-15-10-17-16(25-7-8-26-17)9-13(15)11-27-19(24)12-1-3-14(4-2-12)22-18(23)5-6-21/h1-4,9-10H,5,7-8,11H2,(H,22,23). The van der Waals surface area contributed by atoms with Gasteiger partial charge in [-0.25, -0.2) is 4.79 Å². The van der Waals surface area contributed by atoms with Crippen LogP contribution in [0.15, 0.2) is 40.9 Å². The highest BCUT2D eigenvalue weighted by Crippen LogP contribution is 2.35. The number of hydrogen-bond donors (Lipinski definition) is 1. The average molecular weight is 431 g/mol. The van der Waals surface area contributed by atoms with Gasteiger partial charge in [0, 0.05) is 15.7 Å². The van der Waals surface area contributed by atoms with Gasteiger partial charge in [-0.05, 0) is 36.4 Å². The van der Waals surface area contributed by atoms with Crippen LogP contribution in [-0.4, -0.2) is 25.1 Å². The molecule has 27 heavy (non-hydrogen) atoms. The van der Waals surface area contributed by atoms with Gasteiger partial charge in [-0.1, -0.05) is 15.9 Å². The highest BCUT2D eigenvalue weighted by molar-refractivity contribution is 9.10. The third kappa shape index (κ3) is 4.77. The molecule has 1 heterocycles. The smallest absolute Gasteiger partial charge is 0.338 e. The highest BCUT2D eigenvalue weighted by atomic mass is 79.9. The van der Waals surface area contributed by atoms with Crippen molar-refractivity contribution in [2.75, 3.05) is 18.5 Å². The molecule has 0 spiro atoms. The molecule has 0 saturated carbocycles. The second-order valence-corrected chi connectivity index (χ2v) is 6.48. The first-order valence-corrected chi connectivity index (χ1v) is 8.88. The zero-order valence-electron chi connectivity index (χ0n) is 14.2. The van der Waals surface area contributed by atoms with Gasteiger partial charge in [0.15, 0.2) is 11.5 Å². The van der Waals surface area contributed by atoms with Crippen LogP contribution in [-0.2, 0) is 16.1 Å². The van der Waals surface area contributed by atoms with E-state index in [-0.39, 0.29) is 13.0 Å². The van der Waals surface area contributed by atoms with E-state index in [1.54, 1.807) is 42.5 Å². The Morgan fingerprint density at radius 1 is 1.15 bits per heavy atom. The maximum absolute atomic E-state index is 12.2. The Labute approximate surface area is 164 Å². The van der Waals surface area contributed by atoms with Gasteiger partial charge in [0.2, 0.25) is 5.91 Å². The van der Waals surface area contributed by atoms with E-state index >= 15 is 0 Å². The maximum atomic E-state index is 12.2. The summed E-state index contributed by atoms with van der Waals surface area (Å²) in [6, 6.07) is 11.6. The Kier molecular flexibility index (Phi) is 5.94. The number of esters is 1. The van der Waals surface area contributed by atoms with E-state index in [1.807, 2.05) is 0 Å². The van der Waals surface area contributed by atoms with Crippen LogP contribution in [0, 0.1) is 11.3 Å². The molecule has 0 fully saturated rings. The predicted molar refractivity (Wildman–Crippen MR) is 99.6 cm³/mol. The van der Waals surface area contributed by atoms with Crippen molar-refractivity contribution < 1.29 is 23.8 Å². The fourth-order valence-corrected chi connectivity index (χ4v) is 2.85. The van der Waals surface area contributed by atoms with Crippen molar-refractivity contribution in [3.63, 3.8) is 0 Å². The van der Waals surface area contributed by atoms with Crippen LogP contribution in [0.25, 0.3) is 0 Å². The van der Waals surface area contributed by atoms with E-state index in [0.29, 0.717) is 36.0 Å². The molecule has 0 unspecified atom stereocenters. The molecule has 0 bridgehead atoms. The maximum Gasteiger partial charge on any atom is 0.338 e. The first-order valence-electron chi connectivity index (χ1n) is 8.09. The summed E-state index contributed by atoms with van der Waals surface area (Å²) in [5.41, 5.74) is 1.61. The van der Waals surface area contributed by atoms with Crippen LogP contribution in [0.2, 0.25) is 0 Å². The van der Waals surface area contributed by atoms with Crippen molar-refractivity contribution in [3.05, 3.63) is 52.0 Å². The molecule has 138 valence electrons. The van der Waals surface area contributed by atoms with Gasteiger partial charge < -0.3 is 19.5 Å². The van der Waals surface area contributed by atoms with Gasteiger partial charge in [-0.3, -0.25) is 4.79 Å². The van der Waals surface area contributed by atoms with E-state index in [0.717, 1.165) is 10.0 Å². The number of halogens is 1. The summed E-state index contributed by atoms with van der Waals surface area (Å²) in [6.45, 7) is 1.04. The van der Waals surface area contributed by atoms with E-state index in [9.17, 15) is 9.59 Å². The largest absolute Gasteiger partial charge is 0.486 e. The number of hydrogen-bond acceptors (Lipinski definition) is 6. The van der Waals surface area contributed by atoms with Crippen molar-refractivity contribution >= 4 is 33.5 Å². The Hall–Kier alpha value is -3.05. The van der Waals surface area contributed by atoms with Crippen LogP contribution in [0.3, 0.4) is 0 Å². The quantitative estimate of drug-likeness (QED) is 0.729. The summed E-state index contributed by atoms with van der Waals surface area (Å²) in [5, 5.41) is 11.0. The minimum atomic E-state index is -0.494. The first kappa shape index (κ1) is 18.7. The third-order valence-corrected chi connectivity index (χ3v) is 4.45. The van der Waals surface area contributed by atoms with Gasteiger partial charge >= 0.3 is 5.97 Å². The van der Waals surface area contributed by atoms with Crippen molar-refractivity contribution in [1.29, 1.82) is 5.26 Å². The van der Waals surface area contributed by atoms with Crippen LogP contribution in [0.4, 0.5) is 5.69 Å². The number of ether oxygens (including phenoxy) is 3. The number of amides is 1. The number of benzene rings is 2. The molecule has 0 aromatic heterocycles. The molecule has 2 aromatic rings. The summed E-state index contributed by atoms with van der Waals surface area (Å²) in [5.74, 6) is 0.369. The summed E-state index contributed by atoms with van der Waals surface area (Å²) < 4.78 is 17.1. The number of carbonyl (C=O) groups excluding carboxylic acids is 2. The molecule has 7 nitrogen and oxygen atoms in total. The van der Waals surface area contributed by atoms with E-state index < -0.39 is 11.9 Å². The topological polar surface area (TPSA) is 97.7 Å². The number of fused-ring (bicyclic) bond motifs is 1. The van der Waals surface area contributed by atoms with E-state index in [4.69, 9.17) is 19.5 Å². The Bertz CT molecular complexity index is 906. The van der Waals surface area contributed by atoms with Gasteiger partial charge in [0.25, 0.3) is 0 Å². The molecule has 3 rings (SSSR count). The van der Waals surface area contributed by atoms with Gasteiger partial charge in [0.05, 0.1) is 11.6 Å². The molecule has 1 aliphatic heterocycles. The van der Waals surface area contributed by atoms with Gasteiger partial charge in [-0.2, -0.15) is 5.26 Å². The third-order valence-electron chi connectivity index (χ3n) is 3.71. The Morgan fingerprint density at radius 2 is 1.81 bits per heavy atom. The number of rotatable bonds is 5. The number of anilines is 1. The van der Waals surface area contributed by atoms with Crippen molar-refractivity contribution in [2.45, 2.75) is 13.0 Å². The molecule has 2 aromatic carbocycles. The van der Waals surface area contributed by atoms with Crippen LogP contribution in [0.1, 0.15) is 22.3 Å². The second-order valence-electron chi connectivity index (χ2n) is 5.62. The number of carbonyl (C=O) groups is 2. The van der Waals surface area contributed by atoms with E-state index in [2.05, 4.69) is 21.2 Å². The monoisotopic (exact) mass is 430 g/mol. The molecule has 1 aliphatic rings. The van der Waals surface area contributed by atoms with E-state index in [1.165, 1.54) is 0 Å². The lowest BCUT2D eigenvalue weighted by atomic mass is 10.2. The lowest BCUT2D eigenvalue weighted by molar-refractivity contribution is -0.115. The number of nitriles is 1. The molecule has 0 aliphatic carbocycles. The summed E-state index contributed by atoms with van der Waals surface area (Å²) in [6.07, 6.45) is -0.228. The lowest BCUT2D eigenvalue weighted by Gasteiger charge is -2.19. The molecule has 8 heteroatoms. The zero-order valence-corrected chi connectivity index (χ0v) is 15.7. The Balaban J connectivity index is 1.61.